The maximum Gasteiger partial charge on any atom is 0.233 e. The van der Waals surface area contributed by atoms with Crippen LogP contribution in [0.5, 0.6) is 0 Å². The smallest absolute Gasteiger partial charge is 0.233 e. The Kier molecular flexibility index (Phi) is 6.19. The van der Waals surface area contributed by atoms with Gasteiger partial charge in [0.25, 0.3) is 0 Å². The Morgan fingerprint density at radius 2 is 0.947 bits per heavy atom. The maximum absolute atomic E-state index is 11.8. The molecule has 0 spiro atoms. The predicted octanol–water partition coefficient (Wildman–Crippen LogP) is 2.59. The second-order valence-electron chi connectivity index (χ2n) is 3.89. The summed E-state index contributed by atoms with van der Waals surface area (Å²) in [5.74, 6) is -0.932. The van der Waals surface area contributed by atoms with Gasteiger partial charge in [-0.05, 0) is 14.1 Å². The number of rotatable bonds is 3. The fraction of sp³-hybridized carbons (Fsp3) is 0.125. The van der Waals surface area contributed by atoms with Gasteiger partial charge in [0.2, 0.25) is 11.6 Å². The molecule has 2 rings (SSSR count). The van der Waals surface area contributed by atoms with E-state index in [4.69, 9.17) is 0 Å². The number of carbonyl (C=O) groups is 2. The number of nitrogens with one attached hydrogen (secondary N) is 1. The SMILES string of the molecule is CNC.O=C(C(=O)c1ccccc1)c1ccccc1. The summed E-state index contributed by atoms with van der Waals surface area (Å²) in [4.78, 5) is 23.6. The van der Waals surface area contributed by atoms with Crippen LogP contribution < -0.4 is 5.32 Å². The molecule has 2 aromatic rings. The van der Waals surface area contributed by atoms with Crippen LogP contribution in [0.3, 0.4) is 0 Å². The molecule has 19 heavy (non-hydrogen) atoms. The first-order valence-corrected chi connectivity index (χ1v) is 5.98. The van der Waals surface area contributed by atoms with E-state index < -0.39 is 11.6 Å². The molecule has 0 heterocycles. The minimum atomic E-state index is -0.466. The lowest BCUT2D eigenvalue weighted by Gasteiger charge is -1.99. The zero-order chi connectivity index (χ0) is 14.1. The van der Waals surface area contributed by atoms with Crippen molar-refractivity contribution in [1.82, 2.24) is 5.32 Å². The van der Waals surface area contributed by atoms with Gasteiger partial charge in [0.05, 0.1) is 0 Å². The molecule has 0 aliphatic rings. The molecule has 0 saturated heterocycles. The fourth-order valence-corrected chi connectivity index (χ4v) is 1.44. The van der Waals surface area contributed by atoms with Gasteiger partial charge in [-0.2, -0.15) is 0 Å². The predicted molar refractivity (Wildman–Crippen MR) is 76.5 cm³/mol. The molecule has 0 unspecified atom stereocenters. The maximum atomic E-state index is 11.8. The van der Waals surface area contributed by atoms with Gasteiger partial charge >= 0.3 is 0 Å². The van der Waals surface area contributed by atoms with Crippen LogP contribution >= 0.6 is 0 Å². The topological polar surface area (TPSA) is 46.2 Å². The molecule has 0 aliphatic heterocycles. The van der Waals surface area contributed by atoms with Crippen molar-refractivity contribution in [2.45, 2.75) is 0 Å². The summed E-state index contributed by atoms with van der Waals surface area (Å²) in [6, 6.07) is 17.2. The molecular formula is C16H17NO2. The van der Waals surface area contributed by atoms with Crippen molar-refractivity contribution in [3.8, 4) is 0 Å². The van der Waals surface area contributed by atoms with E-state index in [1.807, 2.05) is 26.2 Å². The van der Waals surface area contributed by atoms with Gasteiger partial charge in [-0.1, -0.05) is 60.7 Å². The minimum absolute atomic E-state index is 0.427. The van der Waals surface area contributed by atoms with Crippen molar-refractivity contribution in [3.63, 3.8) is 0 Å². The van der Waals surface area contributed by atoms with E-state index in [0.717, 1.165) is 0 Å². The molecule has 0 amide bonds. The molecule has 0 aliphatic carbocycles. The lowest BCUT2D eigenvalue weighted by atomic mass is 10.0. The Balaban J connectivity index is 0.000000550. The van der Waals surface area contributed by atoms with E-state index in [0.29, 0.717) is 11.1 Å². The zero-order valence-corrected chi connectivity index (χ0v) is 11.1. The second-order valence-corrected chi connectivity index (χ2v) is 3.89. The largest absolute Gasteiger partial charge is 0.323 e. The molecule has 1 N–H and O–H groups in total. The summed E-state index contributed by atoms with van der Waals surface area (Å²) in [5.41, 5.74) is 0.854. The van der Waals surface area contributed by atoms with Gasteiger partial charge in [-0.25, -0.2) is 0 Å². The van der Waals surface area contributed by atoms with E-state index in [-0.39, 0.29) is 0 Å². The molecule has 0 atom stereocenters. The van der Waals surface area contributed by atoms with Crippen LogP contribution in [0.2, 0.25) is 0 Å². The molecular weight excluding hydrogens is 238 g/mol. The monoisotopic (exact) mass is 255 g/mol. The number of ketones is 2. The normalized spacial score (nSPS) is 9.16. The average molecular weight is 255 g/mol. The first-order valence-electron chi connectivity index (χ1n) is 5.98. The van der Waals surface area contributed by atoms with E-state index in [1.165, 1.54) is 0 Å². The van der Waals surface area contributed by atoms with Crippen molar-refractivity contribution < 1.29 is 9.59 Å². The average Bonchev–Trinajstić information content (AvgIpc) is 2.48. The Hall–Kier alpha value is -2.26. The van der Waals surface area contributed by atoms with Crippen molar-refractivity contribution in [2.75, 3.05) is 14.1 Å². The van der Waals surface area contributed by atoms with Gasteiger partial charge in [0.1, 0.15) is 0 Å². The molecule has 0 saturated carbocycles. The highest BCUT2D eigenvalue weighted by Gasteiger charge is 2.16. The highest BCUT2D eigenvalue weighted by molar-refractivity contribution is 6.49. The summed E-state index contributed by atoms with van der Waals surface area (Å²) in [6.07, 6.45) is 0. The number of benzene rings is 2. The lowest BCUT2D eigenvalue weighted by molar-refractivity contribution is 0.0817. The number of hydrogen-bond donors (Lipinski definition) is 1. The Labute approximate surface area is 113 Å². The first kappa shape index (κ1) is 14.8. The molecule has 0 radical (unpaired) electrons. The number of carbonyl (C=O) groups excluding carboxylic acids is 2. The number of Topliss-reactive ketones (excluding diaryl/α,β-unsaturated/α-hetero) is 2. The summed E-state index contributed by atoms with van der Waals surface area (Å²) in [5, 5.41) is 2.75. The third-order valence-corrected chi connectivity index (χ3v) is 2.28. The molecule has 3 nitrogen and oxygen atoms in total. The minimum Gasteiger partial charge on any atom is -0.323 e. The zero-order valence-electron chi connectivity index (χ0n) is 11.1. The summed E-state index contributed by atoms with van der Waals surface area (Å²) < 4.78 is 0. The van der Waals surface area contributed by atoms with Gasteiger partial charge in [0, 0.05) is 11.1 Å². The lowest BCUT2D eigenvalue weighted by Crippen LogP contribution is -2.14. The van der Waals surface area contributed by atoms with Gasteiger partial charge in [-0.15, -0.1) is 0 Å². The van der Waals surface area contributed by atoms with Crippen LogP contribution in [0.1, 0.15) is 20.7 Å². The van der Waals surface area contributed by atoms with Gasteiger partial charge in [0.15, 0.2) is 0 Å². The summed E-state index contributed by atoms with van der Waals surface area (Å²) in [6.45, 7) is 0. The van der Waals surface area contributed by atoms with Crippen LogP contribution in [0.25, 0.3) is 0 Å². The molecule has 3 heteroatoms. The van der Waals surface area contributed by atoms with Crippen LogP contribution in [-0.4, -0.2) is 25.7 Å². The Bertz CT molecular complexity index is 471. The Morgan fingerprint density at radius 3 is 1.21 bits per heavy atom. The molecule has 2 aromatic carbocycles. The van der Waals surface area contributed by atoms with E-state index in [1.54, 1.807) is 48.5 Å². The third-order valence-electron chi connectivity index (χ3n) is 2.28. The molecule has 0 aromatic heterocycles. The Morgan fingerprint density at radius 1 is 0.684 bits per heavy atom. The van der Waals surface area contributed by atoms with E-state index in [2.05, 4.69) is 5.32 Å². The van der Waals surface area contributed by atoms with Gasteiger partial charge < -0.3 is 5.32 Å². The van der Waals surface area contributed by atoms with E-state index >= 15 is 0 Å². The van der Waals surface area contributed by atoms with E-state index in [9.17, 15) is 9.59 Å². The van der Waals surface area contributed by atoms with Crippen LogP contribution in [0, 0.1) is 0 Å². The molecule has 98 valence electrons. The summed E-state index contributed by atoms with van der Waals surface area (Å²) in [7, 11) is 3.75. The second kappa shape index (κ2) is 7.95. The third kappa shape index (κ3) is 4.48. The highest BCUT2D eigenvalue weighted by Crippen LogP contribution is 2.07. The van der Waals surface area contributed by atoms with Crippen molar-refractivity contribution in [3.05, 3.63) is 71.8 Å². The fourth-order valence-electron chi connectivity index (χ4n) is 1.44. The highest BCUT2D eigenvalue weighted by atomic mass is 16.2. The standard InChI is InChI=1S/C14H10O2.C2H7N/c15-13(11-7-3-1-4-8-11)14(16)12-9-5-2-6-10-12;1-3-2/h1-10H;3H,1-2H3. The molecule has 0 fully saturated rings. The molecule has 0 bridgehead atoms. The van der Waals surface area contributed by atoms with Gasteiger partial charge in [-0.3, -0.25) is 9.59 Å². The van der Waals surface area contributed by atoms with Crippen molar-refractivity contribution >= 4 is 11.6 Å². The number of hydrogen-bond acceptors (Lipinski definition) is 3. The van der Waals surface area contributed by atoms with Crippen LogP contribution in [0.4, 0.5) is 0 Å². The summed E-state index contributed by atoms with van der Waals surface area (Å²) >= 11 is 0. The quantitative estimate of drug-likeness (QED) is 0.677. The van der Waals surface area contributed by atoms with Crippen molar-refractivity contribution in [2.24, 2.45) is 0 Å². The van der Waals surface area contributed by atoms with Crippen molar-refractivity contribution in [1.29, 1.82) is 0 Å². The first-order chi connectivity index (χ1) is 9.20. The van der Waals surface area contributed by atoms with Crippen LogP contribution in [-0.2, 0) is 0 Å². The van der Waals surface area contributed by atoms with Crippen LogP contribution in [0.15, 0.2) is 60.7 Å².